The predicted octanol–water partition coefficient (Wildman–Crippen LogP) is 0.984. The minimum Gasteiger partial charge on any atom is -0.481 e. The number of hydrogen-bond donors (Lipinski definition) is 2. The molecule has 4 nitrogen and oxygen atoms in total. The van der Waals surface area contributed by atoms with Crippen molar-refractivity contribution in [2.24, 2.45) is 23.2 Å². The van der Waals surface area contributed by atoms with Crippen LogP contribution in [0.5, 0.6) is 0 Å². The van der Waals surface area contributed by atoms with Gasteiger partial charge < -0.3 is 10.2 Å². The highest BCUT2D eigenvalue weighted by molar-refractivity contribution is 5.85. The van der Waals surface area contributed by atoms with E-state index in [2.05, 4.69) is 0 Å². The summed E-state index contributed by atoms with van der Waals surface area (Å²) in [6.07, 6.45) is 4.35. The van der Waals surface area contributed by atoms with Crippen LogP contribution in [-0.4, -0.2) is 22.2 Å². The smallest absolute Gasteiger partial charge is 0.310 e. The van der Waals surface area contributed by atoms with Gasteiger partial charge in [-0.15, -0.1) is 0 Å². The lowest BCUT2D eigenvalue weighted by Gasteiger charge is -2.31. The Balaban J connectivity index is 2.45. The summed E-state index contributed by atoms with van der Waals surface area (Å²) in [5.41, 5.74) is -1.12. The molecule has 1 saturated carbocycles. The lowest BCUT2D eigenvalue weighted by molar-refractivity contribution is -0.162. The Bertz CT molecular complexity index is 333. The van der Waals surface area contributed by atoms with Crippen LogP contribution in [0.3, 0.4) is 0 Å². The first-order valence-corrected chi connectivity index (χ1v) is 4.62. The summed E-state index contributed by atoms with van der Waals surface area (Å²) in [6.45, 7) is 1.54. The van der Waals surface area contributed by atoms with Crippen LogP contribution in [0, 0.1) is 23.2 Å². The Kier molecular flexibility index (Phi) is 1.71. The van der Waals surface area contributed by atoms with Gasteiger partial charge in [-0.1, -0.05) is 12.2 Å². The molecule has 0 radical (unpaired) electrons. The fourth-order valence-electron chi connectivity index (χ4n) is 2.83. The SMILES string of the molecule is C[C@@]1(C(=O)O)C2C=CC(C2)[C@@H]1C(=O)O. The van der Waals surface area contributed by atoms with E-state index in [0.717, 1.165) is 0 Å². The molecule has 1 fully saturated rings. The Morgan fingerprint density at radius 1 is 1.36 bits per heavy atom. The molecule has 0 spiro atoms. The first-order chi connectivity index (χ1) is 6.48. The van der Waals surface area contributed by atoms with Crippen LogP contribution in [0.4, 0.5) is 0 Å². The maximum atomic E-state index is 11.1. The Morgan fingerprint density at radius 3 is 2.43 bits per heavy atom. The van der Waals surface area contributed by atoms with Crippen LogP contribution in [0.25, 0.3) is 0 Å². The molecule has 2 aliphatic carbocycles. The van der Waals surface area contributed by atoms with E-state index < -0.39 is 23.3 Å². The molecule has 0 heterocycles. The van der Waals surface area contributed by atoms with Crippen molar-refractivity contribution < 1.29 is 19.8 Å². The number of fused-ring (bicyclic) bond motifs is 2. The highest BCUT2D eigenvalue weighted by Gasteiger charge is 2.60. The molecule has 0 aromatic carbocycles. The van der Waals surface area contributed by atoms with E-state index in [1.807, 2.05) is 12.2 Å². The Labute approximate surface area is 81.2 Å². The summed E-state index contributed by atoms with van der Waals surface area (Å²) in [6, 6.07) is 0. The van der Waals surface area contributed by atoms with Crippen LogP contribution >= 0.6 is 0 Å². The van der Waals surface area contributed by atoms with Gasteiger partial charge in [0.25, 0.3) is 0 Å². The zero-order valence-electron chi connectivity index (χ0n) is 7.80. The van der Waals surface area contributed by atoms with Crippen molar-refractivity contribution in [3.63, 3.8) is 0 Å². The van der Waals surface area contributed by atoms with Crippen molar-refractivity contribution in [2.45, 2.75) is 13.3 Å². The van der Waals surface area contributed by atoms with Crippen molar-refractivity contribution in [3.8, 4) is 0 Å². The number of carboxylic acid groups (broad SMARTS) is 2. The van der Waals surface area contributed by atoms with Crippen molar-refractivity contribution in [1.29, 1.82) is 0 Å². The molecule has 76 valence electrons. The minimum absolute atomic E-state index is 0.0985. The molecular formula is C10H12O4. The van der Waals surface area contributed by atoms with Gasteiger partial charge in [0.15, 0.2) is 0 Å². The van der Waals surface area contributed by atoms with E-state index >= 15 is 0 Å². The van der Waals surface area contributed by atoms with Crippen LogP contribution in [0.1, 0.15) is 13.3 Å². The summed E-state index contributed by atoms with van der Waals surface area (Å²) in [4.78, 5) is 22.1. The van der Waals surface area contributed by atoms with Crippen molar-refractivity contribution >= 4 is 11.9 Å². The molecule has 4 atom stereocenters. The quantitative estimate of drug-likeness (QED) is 0.646. The number of carbonyl (C=O) groups is 2. The lowest BCUT2D eigenvalue weighted by atomic mass is 9.70. The molecule has 0 amide bonds. The maximum absolute atomic E-state index is 11.1. The molecule has 2 N–H and O–H groups in total. The number of hydrogen-bond acceptors (Lipinski definition) is 2. The second-order valence-corrected chi connectivity index (χ2v) is 4.29. The zero-order valence-corrected chi connectivity index (χ0v) is 7.80. The minimum atomic E-state index is -1.12. The number of allylic oxidation sites excluding steroid dienone is 2. The molecule has 4 heteroatoms. The predicted molar refractivity (Wildman–Crippen MR) is 47.6 cm³/mol. The number of aliphatic carboxylic acids is 2. The third-order valence-corrected chi connectivity index (χ3v) is 3.69. The number of rotatable bonds is 2. The normalized spacial score (nSPS) is 44.2. The number of carboxylic acids is 2. The Morgan fingerprint density at radius 2 is 2.00 bits per heavy atom. The van der Waals surface area contributed by atoms with Crippen LogP contribution in [-0.2, 0) is 9.59 Å². The summed E-state index contributed by atoms with van der Waals surface area (Å²) in [5.74, 6) is -2.98. The van der Waals surface area contributed by atoms with Crippen molar-refractivity contribution in [2.75, 3.05) is 0 Å². The van der Waals surface area contributed by atoms with Gasteiger partial charge in [0.05, 0.1) is 11.3 Å². The van der Waals surface area contributed by atoms with E-state index in [9.17, 15) is 9.59 Å². The topological polar surface area (TPSA) is 74.6 Å². The second-order valence-electron chi connectivity index (χ2n) is 4.29. The van der Waals surface area contributed by atoms with Crippen LogP contribution in [0.2, 0.25) is 0 Å². The largest absolute Gasteiger partial charge is 0.481 e. The second kappa shape index (κ2) is 2.59. The van der Waals surface area contributed by atoms with Gasteiger partial charge in [0.2, 0.25) is 0 Å². The zero-order chi connectivity index (χ0) is 10.5. The lowest BCUT2D eigenvalue weighted by Crippen LogP contribution is -2.43. The molecular weight excluding hydrogens is 184 g/mol. The first kappa shape index (κ1) is 9.24. The monoisotopic (exact) mass is 196 g/mol. The fourth-order valence-corrected chi connectivity index (χ4v) is 2.83. The van der Waals surface area contributed by atoms with E-state index in [-0.39, 0.29) is 11.8 Å². The van der Waals surface area contributed by atoms with Gasteiger partial charge in [-0.2, -0.15) is 0 Å². The van der Waals surface area contributed by atoms with E-state index in [4.69, 9.17) is 10.2 Å². The van der Waals surface area contributed by atoms with Crippen molar-refractivity contribution in [3.05, 3.63) is 12.2 Å². The average molecular weight is 196 g/mol. The van der Waals surface area contributed by atoms with Crippen molar-refractivity contribution in [1.82, 2.24) is 0 Å². The Hall–Kier alpha value is -1.32. The highest BCUT2D eigenvalue weighted by Crippen LogP contribution is 2.56. The van der Waals surface area contributed by atoms with Gasteiger partial charge in [0, 0.05) is 0 Å². The van der Waals surface area contributed by atoms with E-state index in [1.165, 1.54) is 0 Å². The molecule has 0 aromatic rings. The molecule has 0 aromatic heterocycles. The highest BCUT2D eigenvalue weighted by atomic mass is 16.4. The molecule has 0 saturated heterocycles. The molecule has 2 rings (SSSR count). The average Bonchev–Trinajstić information content (AvgIpc) is 2.61. The maximum Gasteiger partial charge on any atom is 0.310 e. The van der Waals surface area contributed by atoms with Gasteiger partial charge >= 0.3 is 11.9 Å². The standard InChI is InChI=1S/C10H12O4/c1-10(9(13)14)6-3-2-5(4-6)7(10)8(11)12/h2-3,5-7H,4H2,1H3,(H,11,12)(H,13,14)/t5?,6?,7-,10-/m1/s1. The summed E-state index contributed by atoms with van der Waals surface area (Å²) in [5, 5.41) is 18.1. The van der Waals surface area contributed by atoms with Gasteiger partial charge in [-0.05, 0) is 25.2 Å². The van der Waals surface area contributed by atoms with Gasteiger partial charge in [0.1, 0.15) is 0 Å². The molecule has 2 aliphatic rings. The van der Waals surface area contributed by atoms with E-state index in [1.54, 1.807) is 6.92 Å². The summed E-state index contributed by atoms with van der Waals surface area (Å²) < 4.78 is 0. The molecule has 14 heavy (non-hydrogen) atoms. The third kappa shape index (κ3) is 0.882. The summed E-state index contributed by atoms with van der Waals surface area (Å²) >= 11 is 0. The van der Waals surface area contributed by atoms with E-state index in [0.29, 0.717) is 6.42 Å². The van der Waals surface area contributed by atoms with Crippen LogP contribution < -0.4 is 0 Å². The fraction of sp³-hybridized carbons (Fsp3) is 0.600. The molecule has 2 unspecified atom stereocenters. The summed E-state index contributed by atoms with van der Waals surface area (Å²) in [7, 11) is 0. The molecule has 2 bridgehead atoms. The first-order valence-electron chi connectivity index (χ1n) is 4.62. The molecule has 0 aliphatic heterocycles. The van der Waals surface area contributed by atoms with Gasteiger partial charge in [-0.25, -0.2) is 0 Å². The van der Waals surface area contributed by atoms with Gasteiger partial charge in [-0.3, -0.25) is 9.59 Å². The third-order valence-electron chi connectivity index (χ3n) is 3.69. The van der Waals surface area contributed by atoms with Crippen LogP contribution in [0.15, 0.2) is 12.2 Å².